The van der Waals surface area contributed by atoms with Gasteiger partial charge in [0.05, 0.1) is 13.2 Å². The van der Waals surface area contributed by atoms with Crippen LogP contribution in [0.5, 0.6) is 0 Å². The zero-order valence-electron chi connectivity index (χ0n) is 16.3. The van der Waals surface area contributed by atoms with E-state index in [9.17, 15) is 4.79 Å². The summed E-state index contributed by atoms with van der Waals surface area (Å²) >= 11 is 0. The highest BCUT2D eigenvalue weighted by molar-refractivity contribution is 5.77. The first kappa shape index (κ1) is 19.1. The Morgan fingerprint density at radius 2 is 1.76 bits per heavy atom. The number of ether oxygens (including phenoxy) is 1. The molecule has 0 saturated carbocycles. The van der Waals surface area contributed by atoms with E-state index >= 15 is 0 Å². The fraction of sp³-hybridized carbons (Fsp3) is 0.950. The summed E-state index contributed by atoms with van der Waals surface area (Å²) in [5, 5.41) is 0. The Kier molecular flexibility index (Phi) is 6.75. The molecule has 0 unspecified atom stereocenters. The Hall–Kier alpha value is -0.650. The lowest BCUT2D eigenvalue weighted by atomic mass is 9.73. The molecule has 0 bridgehead atoms. The first-order valence-electron chi connectivity index (χ1n) is 10.4. The van der Waals surface area contributed by atoms with Crippen LogP contribution in [0.15, 0.2) is 0 Å². The van der Waals surface area contributed by atoms with E-state index in [1.165, 1.54) is 32.5 Å². The van der Waals surface area contributed by atoms with Crippen LogP contribution in [0.3, 0.4) is 0 Å². The van der Waals surface area contributed by atoms with Crippen LogP contribution >= 0.6 is 0 Å². The molecule has 3 aliphatic heterocycles. The van der Waals surface area contributed by atoms with Crippen LogP contribution in [0.25, 0.3) is 0 Å². The lowest BCUT2D eigenvalue weighted by Crippen LogP contribution is -2.55. The monoisotopic (exact) mass is 351 g/mol. The first-order valence-corrected chi connectivity index (χ1v) is 10.4. The normalized spacial score (nSPS) is 29.7. The number of piperidine rings is 2. The maximum atomic E-state index is 12.3. The molecule has 3 fully saturated rings. The second kappa shape index (κ2) is 8.83. The van der Waals surface area contributed by atoms with Crippen molar-refractivity contribution in [1.29, 1.82) is 0 Å². The zero-order valence-corrected chi connectivity index (χ0v) is 16.3. The number of nitrogens with zero attached hydrogens (tertiary/aromatic N) is 3. The highest BCUT2D eigenvalue weighted by atomic mass is 16.5. The van der Waals surface area contributed by atoms with Crippen LogP contribution in [0.2, 0.25) is 0 Å². The van der Waals surface area contributed by atoms with Gasteiger partial charge in [0.1, 0.15) is 0 Å². The van der Waals surface area contributed by atoms with Crippen molar-refractivity contribution in [3.63, 3.8) is 0 Å². The van der Waals surface area contributed by atoms with Gasteiger partial charge in [-0.25, -0.2) is 0 Å². The highest BCUT2D eigenvalue weighted by Gasteiger charge is 2.41. The summed E-state index contributed by atoms with van der Waals surface area (Å²) in [6.45, 7) is 15.1. The molecular weight excluding hydrogens is 314 g/mol. The third-order valence-corrected chi connectivity index (χ3v) is 6.30. The Bertz CT molecular complexity index is 437. The molecule has 3 heterocycles. The number of carbonyl (C=O) groups is 1. The third-order valence-electron chi connectivity index (χ3n) is 6.30. The van der Waals surface area contributed by atoms with Crippen molar-refractivity contribution in [2.45, 2.75) is 46.0 Å². The topological polar surface area (TPSA) is 36.0 Å². The predicted molar refractivity (Wildman–Crippen MR) is 101 cm³/mol. The van der Waals surface area contributed by atoms with Gasteiger partial charge in [0.2, 0.25) is 5.91 Å². The van der Waals surface area contributed by atoms with Crippen molar-refractivity contribution in [3.05, 3.63) is 0 Å². The largest absolute Gasteiger partial charge is 0.379 e. The quantitative estimate of drug-likeness (QED) is 0.734. The molecule has 0 aromatic heterocycles. The molecule has 1 atom stereocenters. The summed E-state index contributed by atoms with van der Waals surface area (Å²) in [5.74, 6) is 1.05. The summed E-state index contributed by atoms with van der Waals surface area (Å²) in [6.07, 6.45) is 5.57. The van der Waals surface area contributed by atoms with E-state index in [1.54, 1.807) is 0 Å². The van der Waals surface area contributed by atoms with Crippen LogP contribution in [0.4, 0.5) is 0 Å². The molecule has 0 aromatic rings. The fourth-order valence-corrected chi connectivity index (χ4v) is 4.66. The average molecular weight is 352 g/mol. The SMILES string of the molecule is CC(C)CCN1C[C@]2(CCCN(CCN3CCOCC3)C2)CCC1=O. The van der Waals surface area contributed by atoms with Crippen molar-refractivity contribution in [2.24, 2.45) is 11.3 Å². The molecule has 0 radical (unpaired) electrons. The lowest BCUT2D eigenvalue weighted by Gasteiger charge is -2.48. The van der Waals surface area contributed by atoms with Crippen molar-refractivity contribution >= 4 is 5.91 Å². The second-order valence-corrected chi connectivity index (χ2v) is 8.83. The summed E-state index contributed by atoms with van der Waals surface area (Å²) in [7, 11) is 0. The molecule has 3 rings (SSSR count). The number of rotatable bonds is 6. The van der Waals surface area contributed by atoms with E-state index in [-0.39, 0.29) is 0 Å². The van der Waals surface area contributed by atoms with E-state index in [0.29, 0.717) is 17.2 Å². The highest BCUT2D eigenvalue weighted by Crippen LogP contribution is 2.39. The van der Waals surface area contributed by atoms with Crippen molar-refractivity contribution in [1.82, 2.24) is 14.7 Å². The molecule has 3 saturated heterocycles. The van der Waals surface area contributed by atoms with E-state index in [0.717, 1.165) is 65.2 Å². The second-order valence-electron chi connectivity index (χ2n) is 8.83. The first-order chi connectivity index (χ1) is 12.1. The van der Waals surface area contributed by atoms with E-state index in [1.807, 2.05) is 0 Å². The Morgan fingerprint density at radius 3 is 2.52 bits per heavy atom. The van der Waals surface area contributed by atoms with Gasteiger partial charge in [0.25, 0.3) is 0 Å². The van der Waals surface area contributed by atoms with Crippen LogP contribution in [0, 0.1) is 11.3 Å². The maximum absolute atomic E-state index is 12.3. The van der Waals surface area contributed by atoms with E-state index < -0.39 is 0 Å². The predicted octanol–water partition coefficient (Wildman–Crippen LogP) is 2.07. The minimum atomic E-state index is 0.355. The van der Waals surface area contributed by atoms with Gasteiger partial charge in [-0.2, -0.15) is 0 Å². The molecule has 144 valence electrons. The summed E-state index contributed by atoms with van der Waals surface area (Å²) in [5.41, 5.74) is 0.355. The molecule has 5 nitrogen and oxygen atoms in total. The Balaban J connectivity index is 1.50. The van der Waals surface area contributed by atoms with Crippen LogP contribution < -0.4 is 0 Å². The third kappa shape index (κ3) is 5.41. The van der Waals surface area contributed by atoms with Crippen molar-refractivity contribution in [2.75, 3.05) is 65.6 Å². The van der Waals surface area contributed by atoms with Crippen LogP contribution in [-0.2, 0) is 9.53 Å². The van der Waals surface area contributed by atoms with E-state index in [4.69, 9.17) is 4.74 Å². The number of likely N-dealkylation sites (tertiary alicyclic amines) is 2. The van der Waals surface area contributed by atoms with Crippen molar-refractivity contribution < 1.29 is 9.53 Å². The average Bonchev–Trinajstić information content (AvgIpc) is 2.62. The van der Waals surface area contributed by atoms with Gasteiger partial charge >= 0.3 is 0 Å². The van der Waals surface area contributed by atoms with Crippen LogP contribution in [0.1, 0.15) is 46.0 Å². The Morgan fingerprint density at radius 1 is 1.00 bits per heavy atom. The maximum Gasteiger partial charge on any atom is 0.222 e. The van der Waals surface area contributed by atoms with Gasteiger partial charge in [0, 0.05) is 57.6 Å². The molecule has 1 spiro atoms. The van der Waals surface area contributed by atoms with Crippen molar-refractivity contribution in [3.8, 4) is 0 Å². The van der Waals surface area contributed by atoms with Gasteiger partial charge in [-0.15, -0.1) is 0 Å². The molecule has 0 aliphatic carbocycles. The molecule has 1 amide bonds. The Labute approximate surface area is 153 Å². The number of amides is 1. The number of carbonyl (C=O) groups excluding carboxylic acids is 1. The van der Waals surface area contributed by atoms with Gasteiger partial charge in [0.15, 0.2) is 0 Å². The van der Waals surface area contributed by atoms with Gasteiger partial charge < -0.3 is 14.5 Å². The fourth-order valence-electron chi connectivity index (χ4n) is 4.66. The molecule has 25 heavy (non-hydrogen) atoms. The minimum Gasteiger partial charge on any atom is -0.379 e. The molecule has 5 heteroatoms. The summed E-state index contributed by atoms with van der Waals surface area (Å²) in [6, 6.07) is 0. The number of morpholine rings is 1. The summed E-state index contributed by atoms with van der Waals surface area (Å²) < 4.78 is 5.45. The summed E-state index contributed by atoms with van der Waals surface area (Å²) in [4.78, 5) is 19.7. The zero-order chi connectivity index (χ0) is 17.7. The number of hydrogen-bond donors (Lipinski definition) is 0. The van der Waals surface area contributed by atoms with E-state index in [2.05, 4.69) is 28.5 Å². The minimum absolute atomic E-state index is 0.355. The number of hydrogen-bond acceptors (Lipinski definition) is 4. The molecule has 0 aromatic carbocycles. The van der Waals surface area contributed by atoms with Gasteiger partial charge in [-0.1, -0.05) is 13.8 Å². The molecule has 3 aliphatic rings. The standard InChI is InChI=1S/C20H37N3O2/c1-18(2)5-9-23-17-20(7-4-19(23)24)6-3-8-22(16-20)11-10-21-12-14-25-15-13-21/h18H,3-17H2,1-2H3/t20-/m1/s1. The van der Waals surface area contributed by atoms with Gasteiger partial charge in [-0.3, -0.25) is 9.69 Å². The van der Waals surface area contributed by atoms with Crippen LogP contribution in [-0.4, -0.2) is 86.2 Å². The smallest absolute Gasteiger partial charge is 0.222 e. The van der Waals surface area contributed by atoms with Gasteiger partial charge in [-0.05, 0) is 38.1 Å². The molecule has 0 N–H and O–H groups in total. The lowest BCUT2D eigenvalue weighted by molar-refractivity contribution is -0.139. The molecular formula is C20H37N3O2.